The summed E-state index contributed by atoms with van der Waals surface area (Å²) < 4.78 is 24.8. The van der Waals surface area contributed by atoms with Gasteiger partial charge in [-0.15, -0.1) is 0 Å². The quantitative estimate of drug-likeness (QED) is 0.661. The highest BCUT2D eigenvalue weighted by molar-refractivity contribution is 7.89. The molecule has 0 spiro atoms. The predicted molar refractivity (Wildman–Crippen MR) is 48.6 cm³/mol. The maximum atomic E-state index is 11.4. The van der Waals surface area contributed by atoms with Crippen molar-refractivity contribution in [2.24, 2.45) is 5.73 Å². The molecule has 0 aliphatic heterocycles. The fourth-order valence-electron chi connectivity index (χ4n) is 0.756. The molecule has 1 aromatic heterocycles. The normalized spacial score (nSPS) is 11.1. The molecule has 1 rings (SSSR count). The van der Waals surface area contributed by atoms with Gasteiger partial charge in [0.05, 0.1) is 6.54 Å². The SMILES string of the molecule is NC(=O)CNS(=O)(=O)c1cccnc1. The van der Waals surface area contributed by atoms with Crippen molar-refractivity contribution in [2.45, 2.75) is 4.90 Å². The van der Waals surface area contributed by atoms with Gasteiger partial charge in [0.25, 0.3) is 0 Å². The van der Waals surface area contributed by atoms with Crippen LogP contribution >= 0.6 is 0 Å². The van der Waals surface area contributed by atoms with E-state index in [1.807, 2.05) is 4.72 Å². The van der Waals surface area contributed by atoms with Crippen LogP contribution in [0.25, 0.3) is 0 Å². The molecular formula is C7H9N3O3S. The fraction of sp³-hybridized carbons (Fsp3) is 0.143. The Balaban J connectivity index is 2.82. The standard InChI is InChI=1S/C7H9N3O3S/c8-7(11)5-10-14(12,13)6-2-1-3-9-4-6/h1-4,10H,5H2,(H2,8,11). The third-order valence-electron chi connectivity index (χ3n) is 1.38. The molecule has 0 saturated heterocycles. The molecule has 6 nitrogen and oxygen atoms in total. The first-order chi connectivity index (χ1) is 6.52. The maximum Gasteiger partial charge on any atom is 0.242 e. The van der Waals surface area contributed by atoms with E-state index in [1.165, 1.54) is 24.5 Å². The first kappa shape index (κ1) is 10.6. The minimum absolute atomic E-state index is 0.00116. The first-order valence-electron chi connectivity index (χ1n) is 3.70. The lowest BCUT2D eigenvalue weighted by molar-refractivity contribution is -0.116. The molecule has 0 unspecified atom stereocenters. The molecule has 0 saturated carbocycles. The number of nitrogens with one attached hydrogen (secondary N) is 1. The molecule has 76 valence electrons. The van der Waals surface area contributed by atoms with Gasteiger partial charge < -0.3 is 5.73 Å². The molecule has 1 heterocycles. The van der Waals surface area contributed by atoms with Crippen LogP contribution in [0.5, 0.6) is 0 Å². The number of nitrogens with zero attached hydrogens (tertiary/aromatic N) is 1. The minimum atomic E-state index is -3.67. The first-order valence-corrected chi connectivity index (χ1v) is 5.19. The number of hydrogen-bond donors (Lipinski definition) is 2. The van der Waals surface area contributed by atoms with E-state index in [-0.39, 0.29) is 4.90 Å². The summed E-state index contributed by atoms with van der Waals surface area (Å²) in [5, 5.41) is 0. The van der Waals surface area contributed by atoms with Crippen LogP contribution in [0.4, 0.5) is 0 Å². The van der Waals surface area contributed by atoms with E-state index in [1.54, 1.807) is 0 Å². The molecule has 0 bridgehead atoms. The Labute approximate surface area is 81.2 Å². The summed E-state index contributed by atoms with van der Waals surface area (Å²) in [6.45, 7) is -0.419. The number of sulfonamides is 1. The maximum absolute atomic E-state index is 11.4. The Kier molecular flexibility index (Phi) is 3.15. The fourth-order valence-corrected chi connectivity index (χ4v) is 1.71. The number of rotatable bonds is 4. The Bertz CT molecular complexity index is 415. The Hall–Kier alpha value is -1.47. The summed E-state index contributed by atoms with van der Waals surface area (Å²) in [4.78, 5) is 14.0. The second-order valence-corrected chi connectivity index (χ2v) is 4.25. The average molecular weight is 215 g/mol. The van der Waals surface area contributed by atoms with E-state index in [0.717, 1.165) is 0 Å². The van der Waals surface area contributed by atoms with Crippen LogP contribution in [0.15, 0.2) is 29.4 Å². The van der Waals surface area contributed by atoms with E-state index in [9.17, 15) is 13.2 Å². The topological polar surface area (TPSA) is 102 Å². The van der Waals surface area contributed by atoms with Gasteiger partial charge in [0.1, 0.15) is 4.90 Å². The summed E-state index contributed by atoms with van der Waals surface area (Å²) in [6.07, 6.45) is 2.64. The second-order valence-electron chi connectivity index (χ2n) is 2.48. The van der Waals surface area contributed by atoms with E-state index in [2.05, 4.69) is 4.98 Å². The van der Waals surface area contributed by atoms with Crippen LogP contribution in [-0.2, 0) is 14.8 Å². The van der Waals surface area contributed by atoms with Crippen LogP contribution in [0, 0.1) is 0 Å². The van der Waals surface area contributed by atoms with Crippen molar-refractivity contribution in [2.75, 3.05) is 6.54 Å². The van der Waals surface area contributed by atoms with Crippen LogP contribution < -0.4 is 10.5 Å². The van der Waals surface area contributed by atoms with Crippen LogP contribution in [0.2, 0.25) is 0 Å². The summed E-state index contributed by atoms with van der Waals surface area (Å²) in [6, 6.07) is 2.86. The highest BCUT2D eigenvalue weighted by Gasteiger charge is 2.13. The molecule has 0 atom stereocenters. The number of hydrogen-bond acceptors (Lipinski definition) is 4. The molecule has 14 heavy (non-hydrogen) atoms. The number of carbonyl (C=O) groups excluding carboxylic acids is 1. The predicted octanol–water partition coefficient (Wildman–Crippen LogP) is -1.15. The molecule has 3 N–H and O–H groups in total. The van der Waals surface area contributed by atoms with Crippen molar-refractivity contribution in [1.29, 1.82) is 0 Å². The van der Waals surface area contributed by atoms with Crippen molar-refractivity contribution in [3.8, 4) is 0 Å². The Morgan fingerprint density at radius 2 is 2.29 bits per heavy atom. The Morgan fingerprint density at radius 1 is 1.57 bits per heavy atom. The number of carbonyl (C=O) groups is 1. The molecule has 1 aromatic rings. The summed E-state index contributed by atoms with van der Waals surface area (Å²) in [7, 11) is -3.67. The lowest BCUT2D eigenvalue weighted by Crippen LogP contribution is -2.33. The molecule has 0 aromatic carbocycles. The Morgan fingerprint density at radius 3 is 2.79 bits per heavy atom. The number of aromatic nitrogens is 1. The van der Waals surface area contributed by atoms with Gasteiger partial charge in [-0.3, -0.25) is 9.78 Å². The summed E-state index contributed by atoms with van der Waals surface area (Å²) in [5.41, 5.74) is 4.80. The van der Waals surface area contributed by atoms with Crippen molar-refractivity contribution in [3.05, 3.63) is 24.5 Å². The van der Waals surface area contributed by atoms with E-state index < -0.39 is 22.5 Å². The summed E-state index contributed by atoms with van der Waals surface area (Å²) >= 11 is 0. The molecule has 7 heteroatoms. The van der Waals surface area contributed by atoms with E-state index >= 15 is 0 Å². The summed E-state index contributed by atoms with van der Waals surface area (Å²) in [5.74, 6) is -0.738. The molecule has 0 aliphatic rings. The largest absolute Gasteiger partial charge is 0.369 e. The lowest BCUT2D eigenvalue weighted by atomic mass is 10.5. The highest BCUT2D eigenvalue weighted by Crippen LogP contribution is 2.04. The van der Waals surface area contributed by atoms with Crippen LogP contribution in [0.3, 0.4) is 0 Å². The lowest BCUT2D eigenvalue weighted by Gasteiger charge is -2.03. The minimum Gasteiger partial charge on any atom is -0.369 e. The van der Waals surface area contributed by atoms with E-state index in [0.29, 0.717) is 0 Å². The van der Waals surface area contributed by atoms with Crippen molar-refractivity contribution >= 4 is 15.9 Å². The zero-order valence-electron chi connectivity index (χ0n) is 7.17. The average Bonchev–Trinajstić information content (AvgIpc) is 2.16. The molecule has 0 radical (unpaired) electrons. The number of pyridine rings is 1. The van der Waals surface area contributed by atoms with Gasteiger partial charge in [-0.2, -0.15) is 0 Å². The number of nitrogens with two attached hydrogens (primary N) is 1. The third kappa shape index (κ3) is 2.79. The second kappa shape index (κ2) is 4.16. The van der Waals surface area contributed by atoms with Crippen LogP contribution in [0.1, 0.15) is 0 Å². The van der Waals surface area contributed by atoms with Gasteiger partial charge >= 0.3 is 0 Å². The highest BCUT2D eigenvalue weighted by atomic mass is 32.2. The van der Waals surface area contributed by atoms with Gasteiger partial charge in [0.15, 0.2) is 0 Å². The zero-order chi connectivity index (χ0) is 10.6. The van der Waals surface area contributed by atoms with Crippen molar-refractivity contribution in [3.63, 3.8) is 0 Å². The van der Waals surface area contributed by atoms with Gasteiger partial charge in [-0.1, -0.05) is 0 Å². The number of amides is 1. The molecular weight excluding hydrogens is 206 g/mol. The zero-order valence-corrected chi connectivity index (χ0v) is 7.99. The van der Waals surface area contributed by atoms with Crippen molar-refractivity contribution in [1.82, 2.24) is 9.71 Å². The van der Waals surface area contributed by atoms with E-state index in [4.69, 9.17) is 5.73 Å². The van der Waals surface area contributed by atoms with Crippen molar-refractivity contribution < 1.29 is 13.2 Å². The van der Waals surface area contributed by atoms with Gasteiger partial charge in [0.2, 0.25) is 15.9 Å². The van der Waals surface area contributed by atoms with Gasteiger partial charge in [-0.25, -0.2) is 13.1 Å². The number of primary amides is 1. The third-order valence-corrected chi connectivity index (χ3v) is 2.77. The van der Waals surface area contributed by atoms with Gasteiger partial charge in [0, 0.05) is 12.4 Å². The van der Waals surface area contributed by atoms with Crippen LogP contribution in [-0.4, -0.2) is 25.9 Å². The molecule has 0 aliphatic carbocycles. The molecule has 0 fully saturated rings. The smallest absolute Gasteiger partial charge is 0.242 e. The van der Waals surface area contributed by atoms with Gasteiger partial charge in [-0.05, 0) is 12.1 Å². The molecule has 1 amide bonds. The monoisotopic (exact) mass is 215 g/mol.